The minimum absolute atomic E-state index is 0.117. The van der Waals surface area contributed by atoms with Gasteiger partial charge in [-0.25, -0.2) is 0 Å². The van der Waals surface area contributed by atoms with Crippen molar-refractivity contribution in [2.45, 2.75) is 33.6 Å². The number of hydrogen-bond donors (Lipinski definition) is 1. The first-order chi connectivity index (χ1) is 5.39. The standard InChI is InChI=1S/C10H17NO/c1-7-5-8(10(2,3)4)6-9(12)11-7/h8H,1,5-6H2,2-4H3,(H,11,12). The van der Waals surface area contributed by atoms with Gasteiger partial charge >= 0.3 is 0 Å². The highest BCUT2D eigenvalue weighted by molar-refractivity contribution is 5.79. The van der Waals surface area contributed by atoms with E-state index in [0.29, 0.717) is 12.3 Å². The van der Waals surface area contributed by atoms with Crippen LogP contribution in [0.15, 0.2) is 12.3 Å². The predicted molar refractivity (Wildman–Crippen MR) is 49.5 cm³/mol. The van der Waals surface area contributed by atoms with Crippen molar-refractivity contribution in [2.24, 2.45) is 11.3 Å². The molecule has 1 rings (SSSR count). The van der Waals surface area contributed by atoms with Gasteiger partial charge in [0.1, 0.15) is 0 Å². The van der Waals surface area contributed by atoms with Gasteiger partial charge in [0.15, 0.2) is 0 Å². The fraction of sp³-hybridized carbons (Fsp3) is 0.700. The minimum Gasteiger partial charge on any atom is -0.330 e. The summed E-state index contributed by atoms with van der Waals surface area (Å²) >= 11 is 0. The molecule has 0 radical (unpaired) electrons. The summed E-state index contributed by atoms with van der Waals surface area (Å²) in [7, 11) is 0. The van der Waals surface area contributed by atoms with Crippen LogP contribution in [0.4, 0.5) is 0 Å². The van der Waals surface area contributed by atoms with Crippen LogP contribution in [0.3, 0.4) is 0 Å². The monoisotopic (exact) mass is 167 g/mol. The Kier molecular flexibility index (Phi) is 2.27. The molecule has 0 aliphatic carbocycles. The molecule has 1 amide bonds. The van der Waals surface area contributed by atoms with Gasteiger partial charge in [0, 0.05) is 12.1 Å². The summed E-state index contributed by atoms with van der Waals surface area (Å²) in [6, 6.07) is 0. The lowest BCUT2D eigenvalue weighted by Gasteiger charge is -2.34. The Morgan fingerprint density at radius 3 is 2.42 bits per heavy atom. The van der Waals surface area contributed by atoms with Crippen LogP contribution in [0.25, 0.3) is 0 Å². The van der Waals surface area contributed by atoms with E-state index in [1.807, 2.05) is 0 Å². The molecule has 1 N–H and O–H groups in total. The lowest BCUT2D eigenvalue weighted by molar-refractivity contribution is -0.123. The largest absolute Gasteiger partial charge is 0.330 e. The highest BCUT2D eigenvalue weighted by Gasteiger charge is 2.30. The van der Waals surface area contributed by atoms with E-state index in [2.05, 4.69) is 32.7 Å². The van der Waals surface area contributed by atoms with Crippen molar-refractivity contribution in [3.63, 3.8) is 0 Å². The summed E-state index contributed by atoms with van der Waals surface area (Å²) in [6.45, 7) is 10.3. The molecule has 0 aromatic heterocycles. The SMILES string of the molecule is C=C1CC(C(C)(C)C)CC(=O)N1. The normalized spacial score (nSPS) is 25.4. The first-order valence-corrected chi connectivity index (χ1v) is 4.37. The molecule has 0 spiro atoms. The van der Waals surface area contributed by atoms with Gasteiger partial charge in [-0.05, 0) is 17.8 Å². The third kappa shape index (κ3) is 2.10. The molecule has 0 aromatic carbocycles. The van der Waals surface area contributed by atoms with Gasteiger partial charge in [0.05, 0.1) is 0 Å². The molecule has 68 valence electrons. The summed E-state index contributed by atoms with van der Waals surface area (Å²) in [5.74, 6) is 0.560. The van der Waals surface area contributed by atoms with Gasteiger partial charge in [-0.2, -0.15) is 0 Å². The lowest BCUT2D eigenvalue weighted by Crippen LogP contribution is -2.36. The Hall–Kier alpha value is -0.790. The number of carbonyl (C=O) groups is 1. The van der Waals surface area contributed by atoms with E-state index in [1.54, 1.807) is 0 Å². The van der Waals surface area contributed by atoms with Crippen molar-refractivity contribution in [3.05, 3.63) is 12.3 Å². The second-order valence-electron chi connectivity index (χ2n) is 4.62. The highest BCUT2D eigenvalue weighted by atomic mass is 16.1. The van der Waals surface area contributed by atoms with E-state index in [1.165, 1.54) is 0 Å². The molecule has 2 nitrogen and oxygen atoms in total. The third-order valence-corrected chi connectivity index (χ3v) is 2.47. The molecule has 1 saturated heterocycles. The topological polar surface area (TPSA) is 29.1 Å². The zero-order valence-corrected chi connectivity index (χ0v) is 8.11. The molecule has 0 bridgehead atoms. The third-order valence-electron chi connectivity index (χ3n) is 2.47. The number of piperidine rings is 1. The first kappa shape index (κ1) is 9.30. The average Bonchev–Trinajstić information content (AvgIpc) is 1.82. The Balaban J connectivity index is 2.68. The van der Waals surface area contributed by atoms with E-state index in [9.17, 15) is 4.79 Å². The smallest absolute Gasteiger partial charge is 0.224 e. The first-order valence-electron chi connectivity index (χ1n) is 4.37. The quantitative estimate of drug-likeness (QED) is 0.588. The molecule has 1 fully saturated rings. The van der Waals surface area contributed by atoms with E-state index in [0.717, 1.165) is 12.1 Å². The average molecular weight is 167 g/mol. The van der Waals surface area contributed by atoms with Crippen molar-refractivity contribution < 1.29 is 4.79 Å². The number of rotatable bonds is 0. The molecule has 1 heterocycles. The van der Waals surface area contributed by atoms with Gasteiger partial charge < -0.3 is 5.32 Å². The molecule has 0 saturated carbocycles. The van der Waals surface area contributed by atoms with Crippen LogP contribution in [0.2, 0.25) is 0 Å². The zero-order chi connectivity index (χ0) is 9.35. The van der Waals surface area contributed by atoms with Crippen LogP contribution in [0.5, 0.6) is 0 Å². The van der Waals surface area contributed by atoms with Crippen LogP contribution in [0, 0.1) is 11.3 Å². The fourth-order valence-corrected chi connectivity index (χ4v) is 1.50. The Morgan fingerprint density at radius 1 is 1.42 bits per heavy atom. The van der Waals surface area contributed by atoms with E-state index in [4.69, 9.17) is 0 Å². The molecular weight excluding hydrogens is 150 g/mol. The van der Waals surface area contributed by atoms with Crippen molar-refractivity contribution in [1.29, 1.82) is 0 Å². The Bertz CT molecular complexity index is 196. The maximum Gasteiger partial charge on any atom is 0.224 e. The lowest BCUT2D eigenvalue weighted by atomic mass is 9.75. The molecule has 12 heavy (non-hydrogen) atoms. The zero-order valence-electron chi connectivity index (χ0n) is 8.11. The summed E-state index contributed by atoms with van der Waals surface area (Å²) in [4.78, 5) is 11.2. The second kappa shape index (κ2) is 2.92. The molecule has 2 heteroatoms. The van der Waals surface area contributed by atoms with Crippen LogP contribution in [-0.2, 0) is 4.79 Å². The van der Waals surface area contributed by atoms with Gasteiger partial charge in [-0.15, -0.1) is 0 Å². The molecule has 1 atom stereocenters. The number of amides is 1. The van der Waals surface area contributed by atoms with E-state index < -0.39 is 0 Å². The van der Waals surface area contributed by atoms with Crippen molar-refractivity contribution in [1.82, 2.24) is 5.32 Å². The number of nitrogens with one attached hydrogen (secondary N) is 1. The number of carbonyl (C=O) groups excluding carboxylic acids is 1. The van der Waals surface area contributed by atoms with Crippen molar-refractivity contribution in [2.75, 3.05) is 0 Å². The van der Waals surface area contributed by atoms with Crippen LogP contribution in [-0.4, -0.2) is 5.91 Å². The van der Waals surface area contributed by atoms with E-state index in [-0.39, 0.29) is 11.3 Å². The molecule has 1 aliphatic rings. The summed E-state index contributed by atoms with van der Waals surface area (Å²) in [6.07, 6.45) is 1.57. The van der Waals surface area contributed by atoms with Crippen LogP contribution in [0.1, 0.15) is 33.6 Å². The Labute approximate surface area is 74.0 Å². The van der Waals surface area contributed by atoms with Crippen LogP contribution >= 0.6 is 0 Å². The second-order valence-corrected chi connectivity index (χ2v) is 4.62. The van der Waals surface area contributed by atoms with Gasteiger partial charge in [0.2, 0.25) is 5.91 Å². The minimum atomic E-state index is 0.117. The summed E-state index contributed by atoms with van der Waals surface area (Å²) < 4.78 is 0. The van der Waals surface area contributed by atoms with Gasteiger partial charge in [-0.3, -0.25) is 4.79 Å². The van der Waals surface area contributed by atoms with E-state index >= 15 is 0 Å². The molecule has 0 aromatic rings. The maximum atomic E-state index is 11.2. The maximum absolute atomic E-state index is 11.2. The van der Waals surface area contributed by atoms with Gasteiger partial charge in [-0.1, -0.05) is 27.4 Å². The fourth-order valence-electron chi connectivity index (χ4n) is 1.50. The molecule has 1 unspecified atom stereocenters. The summed E-state index contributed by atoms with van der Waals surface area (Å²) in [5, 5.41) is 2.75. The molecule has 1 aliphatic heterocycles. The van der Waals surface area contributed by atoms with Crippen LogP contribution < -0.4 is 5.32 Å². The Morgan fingerprint density at radius 2 is 2.00 bits per heavy atom. The highest BCUT2D eigenvalue weighted by Crippen LogP contribution is 2.34. The van der Waals surface area contributed by atoms with Gasteiger partial charge in [0.25, 0.3) is 0 Å². The number of allylic oxidation sites excluding steroid dienone is 1. The number of hydrogen-bond acceptors (Lipinski definition) is 1. The predicted octanol–water partition coefficient (Wildman–Crippen LogP) is 2.07. The molecular formula is C10H17NO. The van der Waals surface area contributed by atoms with Crippen molar-refractivity contribution >= 4 is 5.91 Å². The summed E-state index contributed by atoms with van der Waals surface area (Å²) in [5.41, 5.74) is 1.08. The van der Waals surface area contributed by atoms with Crippen molar-refractivity contribution in [3.8, 4) is 0 Å².